The van der Waals surface area contributed by atoms with E-state index < -0.39 is 40.7 Å². The summed E-state index contributed by atoms with van der Waals surface area (Å²) in [6, 6.07) is 1.12. The van der Waals surface area contributed by atoms with E-state index in [4.69, 9.17) is 0 Å². The molecule has 0 saturated heterocycles. The lowest BCUT2D eigenvalue weighted by molar-refractivity contribution is -0.143. The molecule has 0 aliphatic carbocycles. The number of methoxy groups -OCH3 is 1. The highest BCUT2D eigenvalue weighted by atomic mass is 19.2. The summed E-state index contributed by atoms with van der Waals surface area (Å²) < 4.78 is 43.1. The van der Waals surface area contributed by atoms with Gasteiger partial charge in [-0.05, 0) is 18.6 Å². The van der Waals surface area contributed by atoms with Gasteiger partial charge in [0.1, 0.15) is 5.92 Å². The smallest absolute Gasteiger partial charge is 0.316 e. The van der Waals surface area contributed by atoms with Gasteiger partial charge in [-0.15, -0.1) is 0 Å². The molecule has 3 nitrogen and oxygen atoms in total. The third-order valence-corrected chi connectivity index (χ3v) is 2.48. The fourth-order valence-corrected chi connectivity index (χ4v) is 1.50. The van der Waals surface area contributed by atoms with Crippen molar-refractivity contribution in [1.29, 1.82) is 0 Å². The third-order valence-electron chi connectivity index (χ3n) is 2.48. The van der Waals surface area contributed by atoms with Gasteiger partial charge in [-0.25, -0.2) is 13.2 Å². The Kier molecular flexibility index (Phi) is 4.47. The summed E-state index contributed by atoms with van der Waals surface area (Å²) in [5.74, 6) is -7.36. The number of carbonyl (C=O) groups is 2. The van der Waals surface area contributed by atoms with Crippen LogP contribution in [-0.4, -0.2) is 18.9 Å². The van der Waals surface area contributed by atoms with E-state index in [9.17, 15) is 22.8 Å². The zero-order chi connectivity index (χ0) is 13.9. The predicted molar refractivity (Wildman–Crippen MR) is 56.4 cm³/mol. The fraction of sp³-hybridized carbons (Fsp3) is 0.333. The van der Waals surface area contributed by atoms with Crippen LogP contribution in [0.1, 0.15) is 23.7 Å². The molecule has 0 heterocycles. The highest BCUT2D eigenvalue weighted by molar-refractivity contribution is 6.08. The largest absolute Gasteiger partial charge is 0.468 e. The molecule has 0 aliphatic rings. The predicted octanol–water partition coefficient (Wildman–Crippen LogP) is 2.49. The lowest BCUT2D eigenvalue weighted by Gasteiger charge is -2.11. The van der Waals surface area contributed by atoms with Crippen molar-refractivity contribution in [3.05, 3.63) is 35.1 Å². The highest BCUT2D eigenvalue weighted by Crippen LogP contribution is 2.19. The standard InChI is InChI=1S/C12H11F3O3/c1-3-7(12(17)18-2)11(16)6-4-8(13)10(15)9(14)5-6/h4-5,7H,3H2,1-2H3. The van der Waals surface area contributed by atoms with Crippen LogP contribution in [-0.2, 0) is 9.53 Å². The monoisotopic (exact) mass is 260 g/mol. The minimum Gasteiger partial charge on any atom is -0.468 e. The first-order valence-corrected chi connectivity index (χ1v) is 5.18. The maximum absolute atomic E-state index is 13.0. The van der Waals surface area contributed by atoms with Gasteiger partial charge in [0.2, 0.25) is 0 Å². The first kappa shape index (κ1) is 14.2. The molecule has 1 unspecified atom stereocenters. The molecule has 18 heavy (non-hydrogen) atoms. The van der Waals surface area contributed by atoms with E-state index in [0.29, 0.717) is 12.1 Å². The SMILES string of the molecule is CCC(C(=O)OC)C(=O)c1cc(F)c(F)c(F)c1. The highest BCUT2D eigenvalue weighted by Gasteiger charge is 2.28. The van der Waals surface area contributed by atoms with E-state index in [0.717, 1.165) is 7.11 Å². The van der Waals surface area contributed by atoms with Crippen LogP contribution in [0.5, 0.6) is 0 Å². The van der Waals surface area contributed by atoms with Crippen molar-refractivity contribution in [1.82, 2.24) is 0 Å². The maximum atomic E-state index is 13.0. The van der Waals surface area contributed by atoms with Crippen LogP contribution in [0.4, 0.5) is 13.2 Å². The third kappa shape index (κ3) is 2.69. The summed E-state index contributed by atoms with van der Waals surface area (Å²) in [4.78, 5) is 23.1. The van der Waals surface area contributed by atoms with Gasteiger partial charge in [-0.2, -0.15) is 0 Å². The number of Topliss-reactive ketones (excluding diaryl/α,β-unsaturated/α-hetero) is 1. The Morgan fingerprint density at radius 1 is 1.22 bits per heavy atom. The molecule has 0 amide bonds. The molecule has 0 spiro atoms. The molecule has 0 saturated carbocycles. The average Bonchev–Trinajstić information content (AvgIpc) is 2.35. The van der Waals surface area contributed by atoms with Gasteiger partial charge in [0.15, 0.2) is 23.2 Å². The zero-order valence-corrected chi connectivity index (χ0v) is 9.80. The lowest BCUT2D eigenvalue weighted by atomic mass is 9.95. The molecular formula is C12H11F3O3. The van der Waals surface area contributed by atoms with E-state index in [1.807, 2.05) is 0 Å². The molecule has 1 atom stereocenters. The van der Waals surface area contributed by atoms with Crippen LogP contribution < -0.4 is 0 Å². The molecule has 1 aromatic rings. The number of ketones is 1. The van der Waals surface area contributed by atoms with Crippen LogP contribution in [0.15, 0.2) is 12.1 Å². The maximum Gasteiger partial charge on any atom is 0.316 e. The van der Waals surface area contributed by atoms with E-state index in [2.05, 4.69) is 4.74 Å². The number of carbonyl (C=O) groups excluding carboxylic acids is 2. The van der Waals surface area contributed by atoms with Crippen molar-refractivity contribution in [2.24, 2.45) is 5.92 Å². The average molecular weight is 260 g/mol. The topological polar surface area (TPSA) is 43.4 Å². The zero-order valence-electron chi connectivity index (χ0n) is 9.80. The first-order valence-electron chi connectivity index (χ1n) is 5.18. The molecule has 0 aliphatic heterocycles. The number of rotatable bonds is 4. The van der Waals surface area contributed by atoms with Crippen molar-refractivity contribution in [2.45, 2.75) is 13.3 Å². The molecule has 0 bridgehead atoms. The molecular weight excluding hydrogens is 249 g/mol. The van der Waals surface area contributed by atoms with E-state index in [1.54, 1.807) is 6.92 Å². The second-order valence-corrected chi connectivity index (χ2v) is 3.60. The number of benzene rings is 1. The number of ether oxygens (including phenoxy) is 1. The Labute approximate surface area is 102 Å². The Balaban J connectivity index is 3.14. The van der Waals surface area contributed by atoms with Crippen LogP contribution in [0, 0.1) is 23.4 Å². The second kappa shape index (κ2) is 5.66. The molecule has 98 valence electrons. The van der Waals surface area contributed by atoms with Crippen LogP contribution in [0.3, 0.4) is 0 Å². The van der Waals surface area contributed by atoms with Gasteiger partial charge in [0.25, 0.3) is 0 Å². The molecule has 0 N–H and O–H groups in total. The molecule has 0 aromatic heterocycles. The van der Waals surface area contributed by atoms with Crippen molar-refractivity contribution in [3.8, 4) is 0 Å². The summed E-state index contributed by atoms with van der Waals surface area (Å²) in [5.41, 5.74) is -0.399. The van der Waals surface area contributed by atoms with Gasteiger partial charge in [-0.1, -0.05) is 6.92 Å². The van der Waals surface area contributed by atoms with E-state index in [-0.39, 0.29) is 6.42 Å². The summed E-state index contributed by atoms with van der Waals surface area (Å²) >= 11 is 0. The van der Waals surface area contributed by atoms with Crippen molar-refractivity contribution < 1.29 is 27.5 Å². The minimum atomic E-state index is -1.65. The number of hydrogen-bond acceptors (Lipinski definition) is 3. The summed E-state index contributed by atoms with van der Waals surface area (Å²) in [6.45, 7) is 1.55. The van der Waals surface area contributed by atoms with Gasteiger partial charge in [0.05, 0.1) is 7.11 Å². The molecule has 6 heteroatoms. The van der Waals surface area contributed by atoms with Gasteiger partial charge in [0, 0.05) is 5.56 Å². The van der Waals surface area contributed by atoms with Crippen molar-refractivity contribution in [2.75, 3.05) is 7.11 Å². The second-order valence-electron chi connectivity index (χ2n) is 3.60. The van der Waals surface area contributed by atoms with Gasteiger partial charge in [-0.3, -0.25) is 9.59 Å². The molecule has 0 radical (unpaired) electrons. The Morgan fingerprint density at radius 3 is 2.11 bits per heavy atom. The van der Waals surface area contributed by atoms with Gasteiger partial charge >= 0.3 is 5.97 Å². The minimum absolute atomic E-state index is 0.117. The Hall–Kier alpha value is -1.85. The summed E-state index contributed by atoms with van der Waals surface area (Å²) in [5, 5.41) is 0. The number of esters is 1. The Bertz CT molecular complexity index is 462. The Morgan fingerprint density at radius 2 is 1.72 bits per heavy atom. The van der Waals surface area contributed by atoms with E-state index in [1.165, 1.54) is 0 Å². The van der Waals surface area contributed by atoms with Crippen LogP contribution >= 0.6 is 0 Å². The first-order chi connectivity index (χ1) is 8.42. The van der Waals surface area contributed by atoms with Crippen LogP contribution in [0.25, 0.3) is 0 Å². The van der Waals surface area contributed by atoms with Gasteiger partial charge < -0.3 is 4.74 Å². The van der Waals surface area contributed by atoms with E-state index >= 15 is 0 Å². The number of hydrogen-bond donors (Lipinski definition) is 0. The summed E-state index contributed by atoms with van der Waals surface area (Å²) in [7, 11) is 1.10. The lowest BCUT2D eigenvalue weighted by Crippen LogP contribution is -2.25. The van der Waals surface area contributed by atoms with Crippen LogP contribution in [0.2, 0.25) is 0 Å². The van der Waals surface area contributed by atoms with Crippen molar-refractivity contribution in [3.63, 3.8) is 0 Å². The molecule has 1 aromatic carbocycles. The molecule has 1 rings (SSSR count). The summed E-state index contributed by atoms with van der Waals surface area (Å²) in [6.07, 6.45) is 0.117. The number of halogens is 3. The molecule has 0 fully saturated rings. The fourth-order valence-electron chi connectivity index (χ4n) is 1.50. The quantitative estimate of drug-likeness (QED) is 0.361. The normalized spacial score (nSPS) is 12.1. The van der Waals surface area contributed by atoms with Crippen molar-refractivity contribution >= 4 is 11.8 Å².